The van der Waals surface area contributed by atoms with Crippen LogP contribution in [0.5, 0.6) is 5.75 Å². The van der Waals surface area contributed by atoms with Crippen LogP contribution in [0.1, 0.15) is 45.6 Å². The number of carbonyl (C=O) groups excluding carboxylic acids is 1. The van der Waals surface area contributed by atoms with E-state index >= 15 is 0 Å². The van der Waals surface area contributed by atoms with Gasteiger partial charge in [0.15, 0.2) is 5.75 Å². The second kappa shape index (κ2) is 7.31. The fraction of sp³-hybridized carbons (Fsp3) is 0.556. The fourth-order valence-electron chi connectivity index (χ4n) is 3.30. The molecule has 0 aromatic heterocycles. The molecule has 0 aliphatic heterocycles. The summed E-state index contributed by atoms with van der Waals surface area (Å²) in [4.78, 5) is 12.2. The molecule has 3 atom stereocenters. The van der Waals surface area contributed by atoms with E-state index in [9.17, 15) is 4.79 Å². The average molecular weight is 300 g/mol. The van der Waals surface area contributed by atoms with Gasteiger partial charge in [0.25, 0.3) is 0 Å². The Morgan fingerprint density at radius 3 is 2.77 bits per heavy atom. The van der Waals surface area contributed by atoms with Gasteiger partial charge in [0.05, 0.1) is 5.56 Å². The smallest absolute Gasteiger partial charge is 0.409 e. The van der Waals surface area contributed by atoms with Gasteiger partial charge in [-0.2, -0.15) is 5.26 Å². The summed E-state index contributed by atoms with van der Waals surface area (Å²) in [6.07, 6.45) is 2.87. The van der Waals surface area contributed by atoms with E-state index < -0.39 is 6.09 Å². The molecule has 22 heavy (non-hydrogen) atoms. The number of carbonyl (C=O) groups is 1. The number of hydrogen-bond acceptors (Lipinski definition) is 3. The van der Waals surface area contributed by atoms with E-state index in [1.165, 1.54) is 6.42 Å². The summed E-state index contributed by atoms with van der Waals surface area (Å²) in [6.45, 7) is 6.62. The lowest BCUT2D eigenvalue weighted by Gasteiger charge is -2.37. The lowest BCUT2D eigenvalue weighted by molar-refractivity contribution is 0.150. The first-order valence-corrected chi connectivity index (χ1v) is 7.98. The Morgan fingerprint density at radius 2 is 2.09 bits per heavy atom. The highest BCUT2D eigenvalue weighted by Crippen LogP contribution is 2.33. The molecule has 1 saturated carbocycles. The second-order valence-corrected chi connectivity index (χ2v) is 6.57. The van der Waals surface area contributed by atoms with Gasteiger partial charge < -0.3 is 10.1 Å². The predicted octanol–water partition coefficient (Wildman–Crippen LogP) is 4.11. The monoisotopic (exact) mass is 300 g/mol. The molecule has 3 unspecified atom stereocenters. The third-order valence-corrected chi connectivity index (χ3v) is 4.54. The number of rotatable bonds is 3. The van der Waals surface area contributed by atoms with Crippen molar-refractivity contribution in [3.63, 3.8) is 0 Å². The summed E-state index contributed by atoms with van der Waals surface area (Å²) in [5.41, 5.74) is 0.370. The summed E-state index contributed by atoms with van der Waals surface area (Å²) < 4.78 is 5.33. The number of benzene rings is 1. The van der Waals surface area contributed by atoms with Crippen LogP contribution in [0, 0.1) is 29.1 Å². The van der Waals surface area contributed by atoms with Crippen molar-refractivity contribution in [1.29, 1.82) is 5.26 Å². The number of nitrogens with one attached hydrogen (secondary N) is 1. The molecule has 1 fully saturated rings. The highest BCUT2D eigenvalue weighted by atomic mass is 16.6. The molecular formula is C18H24N2O2. The topological polar surface area (TPSA) is 62.1 Å². The zero-order chi connectivity index (χ0) is 16.1. The molecule has 1 aliphatic rings. The van der Waals surface area contributed by atoms with E-state index in [1.807, 2.05) is 6.07 Å². The number of amides is 1. The Morgan fingerprint density at radius 1 is 1.36 bits per heavy atom. The van der Waals surface area contributed by atoms with Gasteiger partial charge in [0.1, 0.15) is 6.07 Å². The van der Waals surface area contributed by atoms with E-state index in [2.05, 4.69) is 26.1 Å². The Labute approximate surface area is 132 Å². The molecule has 1 N–H and O–H groups in total. The molecule has 0 bridgehead atoms. The minimum Gasteiger partial charge on any atom is -0.409 e. The van der Waals surface area contributed by atoms with Crippen molar-refractivity contribution in [3.8, 4) is 11.8 Å². The second-order valence-electron chi connectivity index (χ2n) is 6.57. The first kappa shape index (κ1) is 16.4. The van der Waals surface area contributed by atoms with E-state index in [-0.39, 0.29) is 6.04 Å². The molecule has 2 rings (SSSR count). The van der Waals surface area contributed by atoms with Crippen molar-refractivity contribution in [1.82, 2.24) is 5.32 Å². The number of ether oxygens (including phenoxy) is 1. The van der Waals surface area contributed by atoms with Crippen LogP contribution in [0.25, 0.3) is 0 Å². The first-order valence-electron chi connectivity index (χ1n) is 7.98. The van der Waals surface area contributed by atoms with Gasteiger partial charge in [-0.3, -0.25) is 0 Å². The van der Waals surface area contributed by atoms with Crippen molar-refractivity contribution >= 4 is 6.09 Å². The standard InChI is InChI=1S/C18H24N2O2/c1-12(2)15-9-8-13(3)10-16(15)20-18(21)22-17-7-5-4-6-14(17)11-19/h4-7,12-13,15-16H,8-10H2,1-3H3,(H,20,21). The third-order valence-electron chi connectivity index (χ3n) is 4.54. The summed E-state index contributed by atoms with van der Waals surface area (Å²) in [7, 11) is 0. The number of para-hydroxylation sites is 1. The van der Waals surface area contributed by atoms with Crippen LogP contribution in [0.15, 0.2) is 24.3 Å². The lowest BCUT2D eigenvalue weighted by atomic mass is 9.74. The Hall–Kier alpha value is -2.02. The molecule has 0 spiro atoms. The maximum Gasteiger partial charge on any atom is 0.412 e. The molecule has 4 nitrogen and oxygen atoms in total. The molecule has 1 aromatic rings. The van der Waals surface area contributed by atoms with E-state index in [4.69, 9.17) is 10.00 Å². The van der Waals surface area contributed by atoms with Gasteiger partial charge >= 0.3 is 6.09 Å². The van der Waals surface area contributed by atoms with Gasteiger partial charge in [-0.1, -0.05) is 39.3 Å². The Kier molecular flexibility index (Phi) is 5.43. The number of hydrogen-bond donors (Lipinski definition) is 1. The van der Waals surface area contributed by atoms with Gasteiger partial charge in [0.2, 0.25) is 0 Å². The molecule has 1 aromatic carbocycles. The fourth-order valence-corrected chi connectivity index (χ4v) is 3.30. The summed E-state index contributed by atoms with van der Waals surface area (Å²) in [5, 5.41) is 12.1. The summed E-state index contributed by atoms with van der Waals surface area (Å²) in [6, 6.07) is 8.96. The molecule has 4 heteroatoms. The quantitative estimate of drug-likeness (QED) is 0.913. The maximum atomic E-state index is 12.2. The van der Waals surface area contributed by atoms with Gasteiger partial charge in [0, 0.05) is 6.04 Å². The third kappa shape index (κ3) is 4.00. The molecule has 0 heterocycles. The van der Waals surface area contributed by atoms with Crippen LogP contribution in [-0.2, 0) is 0 Å². The van der Waals surface area contributed by atoms with Crippen LogP contribution >= 0.6 is 0 Å². The van der Waals surface area contributed by atoms with Crippen LogP contribution in [0.2, 0.25) is 0 Å². The Balaban J connectivity index is 2.02. The van der Waals surface area contributed by atoms with Crippen molar-refractivity contribution in [3.05, 3.63) is 29.8 Å². The van der Waals surface area contributed by atoms with Crippen LogP contribution in [-0.4, -0.2) is 12.1 Å². The highest BCUT2D eigenvalue weighted by molar-refractivity contribution is 5.71. The van der Waals surface area contributed by atoms with Crippen LogP contribution in [0.4, 0.5) is 4.79 Å². The predicted molar refractivity (Wildman–Crippen MR) is 85.4 cm³/mol. The SMILES string of the molecule is CC1CCC(C(C)C)C(NC(=O)Oc2ccccc2C#N)C1. The number of nitrogens with zero attached hydrogens (tertiary/aromatic N) is 1. The Bertz CT molecular complexity index is 562. The van der Waals surface area contributed by atoms with Gasteiger partial charge in [-0.25, -0.2) is 4.79 Å². The van der Waals surface area contributed by atoms with Gasteiger partial charge in [-0.15, -0.1) is 0 Å². The normalized spacial score (nSPS) is 24.6. The summed E-state index contributed by atoms with van der Waals surface area (Å²) in [5.74, 6) is 1.94. The highest BCUT2D eigenvalue weighted by Gasteiger charge is 2.32. The van der Waals surface area contributed by atoms with E-state index in [0.717, 1.165) is 12.8 Å². The van der Waals surface area contributed by atoms with E-state index in [1.54, 1.807) is 24.3 Å². The van der Waals surface area contributed by atoms with Crippen LogP contribution in [0.3, 0.4) is 0 Å². The largest absolute Gasteiger partial charge is 0.412 e. The first-order chi connectivity index (χ1) is 10.5. The van der Waals surface area contributed by atoms with Gasteiger partial charge in [-0.05, 0) is 42.7 Å². The zero-order valence-electron chi connectivity index (χ0n) is 13.5. The zero-order valence-corrected chi connectivity index (χ0v) is 13.5. The minimum absolute atomic E-state index is 0.144. The lowest BCUT2D eigenvalue weighted by Crippen LogP contribution is -2.46. The molecule has 0 radical (unpaired) electrons. The molecule has 118 valence electrons. The summed E-state index contributed by atoms with van der Waals surface area (Å²) >= 11 is 0. The maximum absolute atomic E-state index is 12.2. The van der Waals surface area contributed by atoms with E-state index in [0.29, 0.717) is 29.1 Å². The molecule has 1 aliphatic carbocycles. The minimum atomic E-state index is -0.465. The van der Waals surface area contributed by atoms with Crippen molar-refractivity contribution in [2.24, 2.45) is 17.8 Å². The molecule has 0 saturated heterocycles. The average Bonchev–Trinajstić information content (AvgIpc) is 2.47. The number of nitriles is 1. The van der Waals surface area contributed by atoms with Crippen molar-refractivity contribution < 1.29 is 9.53 Å². The molecule has 1 amide bonds. The van der Waals surface area contributed by atoms with Crippen molar-refractivity contribution in [2.45, 2.75) is 46.1 Å². The van der Waals surface area contributed by atoms with Crippen LogP contribution < -0.4 is 10.1 Å². The van der Waals surface area contributed by atoms with Crippen molar-refractivity contribution in [2.75, 3.05) is 0 Å². The molecular weight excluding hydrogens is 276 g/mol.